The van der Waals surface area contributed by atoms with Crippen LogP contribution in [0.3, 0.4) is 0 Å². The van der Waals surface area contributed by atoms with Crippen molar-refractivity contribution < 1.29 is 4.52 Å². The minimum Gasteiger partial charge on any atom is -0.338 e. The second-order valence-electron chi connectivity index (χ2n) is 6.18. The Hall–Kier alpha value is -0.940. The molecule has 2 heterocycles. The topological polar surface area (TPSA) is 68.2 Å². The standard InChI is InChI=1S/C13H24N4O/c1-10(2)6-11-15-12(18-16-11)7-17-5-4-13(3,8-14)9-17/h10H,4-9,14H2,1-3H3. The van der Waals surface area contributed by atoms with E-state index in [1.54, 1.807) is 0 Å². The van der Waals surface area contributed by atoms with Gasteiger partial charge in [-0.2, -0.15) is 4.98 Å². The molecule has 5 heteroatoms. The molecule has 0 saturated carbocycles. The first kappa shape index (κ1) is 13.5. The summed E-state index contributed by atoms with van der Waals surface area (Å²) in [6, 6.07) is 0. The Bertz CT molecular complexity index is 390. The van der Waals surface area contributed by atoms with Gasteiger partial charge in [-0.3, -0.25) is 4.90 Å². The summed E-state index contributed by atoms with van der Waals surface area (Å²) in [6.07, 6.45) is 2.03. The Labute approximate surface area is 109 Å². The van der Waals surface area contributed by atoms with Crippen LogP contribution in [0.4, 0.5) is 0 Å². The maximum Gasteiger partial charge on any atom is 0.240 e. The van der Waals surface area contributed by atoms with Gasteiger partial charge in [0, 0.05) is 13.0 Å². The fraction of sp³-hybridized carbons (Fsp3) is 0.846. The van der Waals surface area contributed by atoms with Crippen molar-refractivity contribution in [3.63, 3.8) is 0 Å². The molecular weight excluding hydrogens is 228 g/mol. The minimum atomic E-state index is 0.251. The number of nitrogens with two attached hydrogens (primary N) is 1. The quantitative estimate of drug-likeness (QED) is 0.858. The van der Waals surface area contributed by atoms with Gasteiger partial charge in [-0.05, 0) is 30.8 Å². The third kappa shape index (κ3) is 3.29. The lowest BCUT2D eigenvalue weighted by atomic mass is 9.90. The van der Waals surface area contributed by atoms with Crippen LogP contribution >= 0.6 is 0 Å². The van der Waals surface area contributed by atoms with Crippen molar-refractivity contribution in [3.05, 3.63) is 11.7 Å². The fourth-order valence-electron chi connectivity index (χ4n) is 2.42. The van der Waals surface area contributed by atoms with Gasteiger partial charge in [-0.15, -0.1) is 0 Å². The molecule has 0 aromatic carbocycles. The van der Waals surface area contributed by atoms with E-state index in [4.69, 9.17) is 10.3 Å². The summed E-state index contributed by atoms with van der Waals surface area (Å²) in [5, 5.41) is 4.02. The first-order valence-corrected chi connectivity index (χ1v) is 6.75. The molecule has 0 amide bonds. The molecule has 0 aliphatic carbocycles. The molecular formula is C13H24N4O. The summed E-state index contributed by atoms with van der Waals surface area (Å²) in [5.74, 6) is 2.11. The molecule has 0 radical (unpaired) electrons. The van der Waals surface area contributed by atoms with E-state index in [9.17, 15) is 0 Å². The van der Waals surface area contributed by atoms with Crippen LogP contribution in [0, 0.1) is 11.3 Å². The van der Waals surface area contributed by atoms with E-state index in [0.717, 1.165) is 50.7 Å². The van der Waals surface area contributed by atoms with Crippen molar-refractivity contribution in [1.82, 2.24) is 15.0 Å². The summed E-state index contributed by atoms with van der Waals surface area (Å²) in [7, 11) is 0. The lowest BCUT2D eigenvalue weighted by Gasteiger charge is -2.21. The van der Waals surface area contributed by atoms with Gasteiger partial charge in [0.05, 0.1) is 6.54 Å². The number of rotatable bonds is 5. The SMILES string of the molecule is CC(C)Cc1noc(CN2CCC(C)(CN)C2)n1. The molecule has 1 aliphatic rings. The molecule has 1 aliphatic heterocycles. The average Bonchev–Trinajstić information content (AvgIpc) is 2.87. The number of hydrogen-bond acceptors (Lipinski definition) is 5. The van der Waals surface area contributed by atoms with E-state index in [1.807, 2.05) is 0 Å². The molecule has 0 spiro atoms. The smallest absolute Gasteiger partial charge is 0.240 e. The average molecular weight is 252 g/mol. The van der Waals surface area contributed by atoms with E-state index in [-0.39, 0.29) is 5.41 Å². The van der Waals surface area contributed by atoms with E-state index < -0.39 is 0 Å². The predicted molar refractivity (Wildman–Crippen MR) is 69.9 cm³/mol. The lowest BCUT2D eigenvalue weighted by Crippen LogP contribution is -2.31. The minimum absolute atomic E-state index is 0.251. The van der Waals surface area contributed by atoms with Gasteiger partial charge >= 0.3 is 0 Å². The Balaban J connectivity index is 1.89. The highest BCUT2D eigenvalue weighted by atomic mass is 16.5. The van der Waals surface area contributed by atoms with Crippen LogP contribution in [-0.4, -0.2) is 34.7 Å². The second kappa shape index (κ2) is 5.36. The highest BCUT2D eigenvalue weighted by Crippen LogP contribution is 2.29. The zero-order valence-electron chi connectivity index (χ0n) is 11.6. The molecule has 102 valence electrons. The van der Waals surface area contributed by atoms with E-state index in [2.05, 4.69) is 35.8 Å². The number of aromatic nitrogens is 2. The lowest BCUT2D eigenvalue weighted by molar-refractivity contribution is 0.238. The highest BCUT2D eigenvalue weighted by molar-refractivity contribution is 4.92. The van der Waals surface area contributed by atoms with Gasteiger partial charge in [0.2, 0.25) is 5.89 Å². The largest absolute Gasteiger partial charge is 0.338 e. The third-order valence-electron chi connectivity index (χ3n) is 3.59. The normalized spacial score (nSPS) is 25.2. The Kier molecular flexibility index (Phi) is 4.02. The highest BCUT2D eigenvalue weighted by Gasteiger charge is 2.33. The second-order valence-corrected chi connectivity index (χ2v) is 6.18. The van der Waals surface area contributed by atoms with Crippen molar-refractivity contribution in [3.8, 4) is 0 Å². The van der Waals surface area contributed by atoms with Crippen molar-refractivity contribution in [1.29, 1.82) is 0 Å². The summed E-state index contributed by atoms with van der Waals surface area (Å²) >= 11 is 0. The van der Waals surface area contributed by atoms with Gasteiger partial charge in [-0.1, -0.05) is 25.9 Å². The molecule has 0 bridgehead atoms. The summed E-state index contributed by atoms with van der Waals surface area (Å²) in [5.41, 5.74) is 6.06. The van der Waals surface area contributed by atoms with Crippen molar-refractivity contribution >= 4 is 0 Å². The van der Waals surface area contributed by atoms with Crippen LogP contribution in [0.2, 0.25) is 0 Å². The Morgan fingerprint density at radius 3 is 2.89 bits per heavy atom. The molecule has 2 rings (SSSR count). The number of likely N-dealkylation sites (tertiary alicyclic amines) is 1. The maximum atomic E-state index is 5.80. The molecule has 1 aromatic heterocycles. The summed E-state index contributed by atoms with van der Waals surface area (Å²) < 4.78 is 5.30. The summed E-state index contributed by atoms with van der Waals surface area (Å²) in [4.78, 5) is 6.78. The fourth-order valence-corrected chi connectivity index (χ4v) is 2.42. The zero-order chi connectivity index (χ0) is 13.2. The van der Waals surface area contributed by atoms with Crippen molar-refractivity contribution in [2.24, 2.45) is 17.1 Å². The molecule has 1 saturated heterocycles. The Morgan fingerprint density at radius 1 is 1.50 bits per heavy atom. The van der Waals surface area contributed by atoms with Crippen LogP contribution < -0.4 is 5.73 Å². The van der Waals surface area contributed by atoms with Gasteiger partial charge in [0.15, 0.2) is 5.82 Å². The third-order valence-corrected chi connectivity index (χ3v) is 3.59. The predicted octanol–water partition coefficient (Wildman–Crippen LogP) is 1.44. The molecule has 1 unspecified atom stereocenters. The first-order valence-electron chi connectivity index (χ1n) is 6.75. The maximum absolute atomic E-state index is 5.80. The molecule has 1 atom stereocenters. The van der Waals surface area contributed by atoms with Gasteiger partial charge < -0.3 is 10.3 Å². The molecule has 2 N–H and O–H groups in total. The molecule has 1 aromatic rings. The van der Waals surface area contributed by atoms with Gasteiger partial charge in [0.25, 0.3) is 0 Å². The van der Waals surface area contributed by atoms with E-state index in [1.165, 1.54) is 0 Å². The van der Waals surface area contributed by atoms with Crippen molar-refractivity contribution in [2.75, 3.05) is 19.6 Å². The van der Waals surface area contributed by atoms with Crippen LogP contribution in [0.15, 0.2) is 4.52 Å². The monoisotopic (exact) mass is 252 g/mol. The van der Waals surface area contributed by atoms with Gasteiger partial charge in [-0.25, -0.2) is 0 Å². The first-order chi connectivity index (χ1) is 8.50. The zero-order valence-corrected chi connectivity index (χ0v) is 11.6. The number of nitrogens with zero attached hydrogens (tertiary/aromatic N) is 3. The summed E-state index contributed by atoms with van der Waals surface area (Å²) in [6.45, 7) is 10.1. The van der Waals surface area contributed by atoms with Gasteiger partial charge in [0.1, 0.15) is 0 Å². The number of hydrogen-bond donors (Lipinski definition) is 1. The molecule has 1 fully saturated rings. The van der Waals surface area contributed by atoms with Crippen LogP contribution in [-0.2, 0) is 13.0 Å². The molecule has 18 heavy (non-hydrogen) atoms. The van der Waals surface area contributed by atoms with E-state index in [0.29, 0.717) is 5.92 Å². The Morgan fingerprint density at radius 2 is 2.28 bits per heavy atom. The van der Waals surface area contributed by atoms with Crippen LogP contribution in [0.25, 0.3) is 0 Å². The van der Waals surface area contributed by atoms with Crippen LogP contribution in [0.5, 0.6) is 0 Å². The van der Waals surface area contributed by atoms with Crippen LogP contribution in [0.1, 0.15) is 38.9 Å². The van der Waals surface area contributed by atoms with Crippen molar-refractivity contribution in [2.45, 2.75) is 40.2 Å². The molecule has 5 nitrogen and oxygen atoms in total. The van der Waals surface area contributed by atoms with E-state index >= 15 is 0 Å².